The van der Waals surface area contributed by atoms with Crippen LogP contribution < -0.4 is 10.2 Å². The summed E-state index contributed by atoms with van der Waals surface area (Å²) in [7, 11) is 0. The number of hydrogen-bond acceptors (Lipinski definition) is 6. The highest BCUT2D eigenvalue weighted by Gasteiger charge is 2.23. The molecule has 0 spiro atoms. The molecule has 1 saturated heterocycles. The van der Waals surface area contributed by atoms with Crippen molar-refractivity contribution in [1.82, 2.24) is 14.4 Å². The van der Waals surface area contributed by atoms with Gasteiger partial charge >= 0.3 is 0 Å². The highest BCUT2D eigenvalue weighted by atomic mass is 16.5. The van der Waals surface area contributed by atoms with Gasteiger partial charge < -0.3 is 19.4 Å². The Morgan fingerprint density at radius 1 is 1.11 bits per heavy atom. The first-order chi connectivity index (χ1) is 17.4. The number of fused-ring (bicyclic) bond motifs is 1. The van der Waals surface area contributed by atoms with Crippen LogP contribution in [0.5, 0.6) is 0 Å². The van der Waals surface area contributed by atoms with Crippen molar-refractivity contribution in [2.24, 2.45) is 0 Å². The molecule has 1 fully saturated rings. The van der Waals surface area contributed by atoms with Crippen LogP contribution in [0, 0.1) is 18.3 Å². The molecule has 182 valence electrons. The Balaban J connectivity index is 1.47. The van der Waals surface area contributed by atoms with Crippen LogP contribution in [-0.4, -0.2) is 46.6 Å². The SMILES string of the molecule is Cc1ccc(NC(=O)c2ccnc(C(C)(C)C#N)c2)cc1-c1cc(N2CCOCC2)c2nccn2c1. The van der Waals surface area contributed by atoms with Crippen molar-refractivity contribution in [1.29, 1.82) is 5.26 Å². The maximum absolute atomic E-state index is 13.1. The summed E-state index contributed by atoms with van der Waals surface area (Å²) >= 11 is 0. The lowest BCUT2D eigenvalue weighted by Gasteiger charge is -2.29. The highest BCUT2D eigenvalue weighted by Crippen LogP contribution is 2.32. The van der Waals surface area contributed by atoms with Crippen molar-refractivity contribution in [2.45, 2.75) is 26.2 Å². The molecule has 0 saturated carbocycles. The zero-order chi connectivity index (χ0) is 25.3. The van der Waals surface area contributed by atoms with E-state index in [0.717, 1.165) is 41.1 Å². The first-order valence-corrected chi connectivity index (χ1v) is 12.0. The topological polar surface area (TPSA) is 95.5 Å². The fraction of sp³-hybridized carbons (Fsp3) is 0.286. The third-order valence-corrected chi connectivity index (χ3v) is 6.57. The number of anilines is 2. The number of ether oxygens (including phenoxy) is 1. The number of benzene rings is 1. The smallest absolute Gasteiger partial charge is 0.255 e. The van der Waals surface area contributed by atoms with Crippen molar-refractivity contribution in [3.63, 3.8) is 0 Å². The van der Waals surface area contributed by atoms with Gasteiger partial charge in [-0.1, -0.05) is 6.07 Å². The van der Waals surface area contributed by atoms with Gasteiger partial charge in [0.25, 0.3) is 5.91 Å². The molecule has 0 atom stereocenters. The molecule has 8 nitrogen and oxygen atoms in total. The summed E-state index contributed by atoms with van der Waals surface area (Å²) in [6.45, 7) is 8.65. The van der Waals surface area contributed by atoms with E-state index in [9.17, 15) is 10.1 Å². The fourth-order valence-corrected chi connectivity index (χ4v) is 4.38. The lowest BCUT2D eigenvalue weighted by molar-refractivity contribution is 0.102. The maximum Gasteiger partial charge on any atom is 0.255 e. The van der Waals surface area contributed by atoms with Gasteiger partial charge in [-0.3, -0.25) is 9.78 Å². The van der Waals surface area contributed by atoms with E-state index in [1.54, 1.807) is 32.2 Å². The van der Waals surface area contributed by atoms with Crippen LogP contribution in [0.15, 0.2) is 61.2 Å². The van der Waals surface area contributed by atoms with E-state index in [0.29, 0.717) is 30.2 Å². The van der Waals surface area contributed by atoms with Gasteiger partial charge in [-0.15, -0.1) is 0 Å². The standard InChI is InChI=1S/C28H28N6O2/c1-19-4-5-22(32-27(35)20-6-7-30-25(15-20)28(2,3)18-29)16-23(19)21-14-24(33-10-12-36-13-11-33)26-31-8-9-34(26)17-21/h4-9,14-17H,10-13H2,1-3H3,(H,32,35). The number of aromatic nitrogens is 3. The summed E-state index contributed by atoms with van der Waals surface area (Å²) < 4.78 is 7.58. The molecular formula is C28H28N6O2. The molecule has 3 aromatic heterocycles. The van der Waals surface area contributed by atoms with Gasteiger partial charge in [0.05, 0.1) is 36.1 Å². The number of nitrogens with zero attached hydrogens (tertiary/aromatic N) is 5. The third kappa shape index (κ3) is 4.53. The molecule has 1 N–H and O–H groups in total. The second-order valence-electron chi connectivity index (χ2n) is 9.52. The lowest BCUT2D eigenvalue weighted by atomic mass is 9.90. The quantitative estimate of drug-likeness (QED) is 0.449. The Morgan fingerprint density at radius 2 is 1.92 bits per heavy atom. The van der Waals surface area contributed by atoms with Crippen LogP contribution in [0.1, 0.15) is 35.5 Å². The Bertz CT molecular complexity index is 1480. The van der Waals surface area contributed by atoms with Gasteiger partial charge in [0.1, 0.15) is 0 Å². The number of imidazole rings is 1. The highest BCUT2D eigenvalue weighted by molar-refractivity contribution is 6.04. The Hall–Kier alpha value is -4.22. The van der Waals surface area contributed by atoms with Crippen molar-refractivity contribution in [2.75, 3.05) is 36.5 Å². The van der Waals surface area contributed by atoms with Crippen molar-refractivity contribution in [3.05, 3.63) is 78.0 Å². The fourth-order valence-electron chi connectivity index (χ4n) is 4.38. The number of hydrogen-bond donors (Lipinski definition) is 1. The number of amides is 1. The zero-order valence-electron chi connectivity index (χ0n) is 20.7. The van der Waals surface area contributed by atoms with Crippen molar-refractivity contribution >= 4 is 22.9 Å². The lowest BCUT2D eigenvalue weighted by Crippen LogP contribution is -2.36. The maximum atomic E-state index is 13.1. The molecule has 5 rings (SSSR count). The summed E-state index contributed by atoms with van der Waals surface area (Å²) in [5.74, 6) is -0.249. The number of aryl methyl sites for hydroxylation is 1. The first kappa shape index (κ1) is 23.5. The van der Waals surface area contributed by atoms with Crippen molar-refractivity contribution < 1.29 is 9.53 Å². The van der Waals surface area contributed by atoms with E-state index in [-0.39, 0.29) is 5.91 Å². The van der Waals surface area contributed by atoms with Gasteiger partial charge in [0.2, 0.25) is 0 Å². The number of rotatable bonds is 5. The summed E-state index contributed by atoms with van der Waals surface area (Å²) in [5, 5.41) is 12.4. The largest absolute Gasteiger partial charge is 0.378 e. The number of carbonyl (C=O) groups excluding carboxylic acids is 1. The third-order valence-electron chi connectivity index (χ3n) is 6.57. The summed E-state index contributed by atoms with van der Waals surface area (Å²) in [4.78, 5) is 24.2. The van der Waals surface area contributed by atoms with E-state index in [4.69, 9.17) is 4.74 Å². The van der Waals surface area contributed by atoms with Crippen molar-refractivity contribution in [3.8, 4) is 17.2 Å². The molecule has 1 aliphatic heterocycles. The molecular weight excluding hydrogens is 452 g/mol. The first-order valence-electron chi connectivity index (χ1n) is 12.0. The van der Waals surface area contributed by atoms with E-state index in [1.165, 1.54) is 0 Å². The number of pyridine rings is 2. The number of carbonyl (C=O) groups is 1. The predicted octanol–water partition coefficient (Wildman–Crippen LogP) is 4.59. The van der Waals surface area contributed by atoms with Gasteiger partial charge in [0, 0.05) is 54.7 Å². The van der Waals surface area contributed by atoms with E-state index in [2.05, 4.69) is 45.4 Å². The van der Waals surface area contributed by atoms with Gasteiger partial charge in [-0.2, -0.15) is 5.26 Å². The second kappa shape index (κ2) is 9.44. The average Bonchev–Trinajstić information content (AvgIpc) is 3.38. The van der Waals surface area contributed by atoms with Gasteiger partial charge in [0.15, 0.2) is 5.65 Å². The van der Waals surface area contributed by atoms with Crippen LogP contribution in [0.25, 0.3) is 16.8 Å². The monoisotopic (exact) mass is 480 g/mol. The number of nitrogens with one attached hydrogen (secondary N) is 1. The molecule has 36 heavy (non-hydrogen) atoms. The second-order valence-corrected chi connectivity index (χ2v) is 9.52. The molecule has 1 amide bonds. The van der Waals surface area contributed by atoms with Crippen LogP contribution >= 0.6 is 0 Å². The number of morpholine rings is 1. The summed E-state index contributed by atoms with van der Waals surface area (Å²) in [6.07, 6.45) is 7.40. The van der Waals surface area contributed by atoms with Crippen LogP contribution in [-0.2, 0) is 10.2 Å². The molecule has 0 bridgehead atoms. The minimum Gasteiger partial charge on any atom is -0.378 e. The van der Waals surface area contributed by atoms with Crippen LogP contribution in [0.4, 0.5) is 11.4 Å². The summed E-state index contributed by atoms with van der Waals surface area (Å²) in [5.41, 5.74) is 6.08. The Morgan fingerprint density at radius 3 is 2.69 bits per heavy atom. The van der Waals surface area contributed by atoms with E-state index >= 15 is 0 Å². The number of nitriles is 1. The molecule has 1 aliphatic rings. The molecule has 0 radical (unpaired) electrons. The van der Waals surface area contributed by atoms with Crippen LogP contribution in [0.2, 0.25) is 0 Å². The average molecular weight is 481 g/mol. The minimum absolute atomic E-state index is 0.249. The molecule has 4 heterocycles. The Labute approximate surface area is 210 Å². The summed E-state index contributed by atoms with van der Waals surface area (Å²) in [6, 6.07) is 13.6. The molecule has 4 aromatic rings. The molecule has 0 aliphatic carbocycles. The van der Waals surface area contributed by atoms with E-state index in [1.807, 2.05) is 35.0 Å². The Kier molecular flexibility index (Phi) is 6.17. The normalized spacial score (nSPS) is 14.0. The predicted molar refractivity (Wildman–Crippen MR) is 139 cm³/mol. The van der Waals surface area contributed by atoms with Gasteiger partial charge in [-0.05, 0) is 62.2 Å². The minimum atomic E-state index is -0.780. The zero-order valence-corrected chi connectivity index (χ0v) is 20.7. The van der Waals surface area contributed by atoms with E-state index < -0.39 is 5.41 Å². The molecule has 8 heteroatoms. The molecule has 1 aromatic carbocycles. The molecule has 0 unspecified atom stereocenters. The van der Waals surface area contributed by atoms with Crippen LogP contribution in [0.3, 0.4) is 0 Å². The van der Waals surface area contributed by atoms with Gasteiger partial charge in [-0.25, -0.2) is 4.98 Å².